The maximum Gasteiger partial charge on any atom is 0.330 e. The van der Waals surface area contributed by atoms with E-state index in [2.05, 4.69) is 17.2 Å². The lowest BCUT2D eigenvalue weighted by molar-refractivity contribution is -0.124. The number of aromatic nitrogens is 2. The highest BCUT2D eigenvalue weighted by Gasteiger charge is 2.45. The Bertz CT molecular complexity index is 888. The van der Waals surface area contributed by atoms with Gasteiger partial charge in [0.1, 0.15) is 18.3 Å². The third-order valence-corrected chi connectivity index (χ3v) is 7.11. The number of ether oxygens (including phenoxy) is 2. The van der Waals surface area contributed by atoms with Crippen LogP contribution in [0.15, 0.2) is 21.9 Å². The molecule has 0 aliphatic carbocycles. The van der Waals surface area contributed by atoms with Crippen LogP contribution in [0.4, 0.5) is 0 Å². The van der Waals surface area contributed by atoms with Crippen molar-refractivity contribution in [2.24, 2.45) is 0 Å². The molecular weight excluding hydrogens is 490 g/mol. The molecule has 1 fully saturated rings. The summed E-state index contributed by atoms with van der Waals surface area (Å²) in [6.07, 6.45) is 15.2. The fourth-order valence-corrected chi connectivity index (χ4v) is 4.82. The predicted molar refractivity (Wildman–Crippen MR) is 146 cm³/mol. The molecule has 1 aliphatic heterocycles. The minimum atomic E-state index is -1.19. The maximum atomic E-state index is 12.2. The second kappa shape index (κ2) is 19.1. The number of aromatic amines is 1. The largest absolute Gasteiger partial charge is 0.394 e. The third kappa shape index (κ3) is 11.8. The van der Waals surface area contributed by atoms with Gasteiger partial charge in [0.15, 0.2) is 6.23 Å². The van der Waals surface area contributed by atoms with Crippen LogP contribution in [0.3, 0.4) is 0 Å². The number of carbonyl (C=O) groups is 1. The van der Waals surface area contributed by atoms with Gasteiger partial charge in [0.2, 0.25) is 5.91 Å². The summed E-state index contributed by atoms with van der Waals surface area (Å²) in [5.74, 6) is -0.149. The van der Waals surface area contributed by atoms with Crippen LogP contribution in [-0.4, -0.2) is 63.7 Å². The van der Waals surface area contributed by atoms with Crippen LogP contribution in [-0.2, 0) is 14.3 Å². The molecule has 10 nitrogen and oxygen atoms in total. The van der Waals surface area contributed by atoms with Gasteiger partial charge in [-0.05, 0) is 6.42 Å². The lowest BCUT2D eigenvalue weighted by Crippen LogP contribution is -2.40. The molecule has 1 amide bonds. The molecule has 0 bridgehead atoms. The topological polar surface area (TPSA) is 143 Å². The number of amides is 1. The number of aliphatic hydroxyl groups excluding tert-OH is 2. The van der Waals surface area contributed by atoms with Gasteiger partial charge in [0.25, 0.3) is 5.56 Å². The van der Waals surface area contributed by atoms with Gasteiger partial charge in [-0.2, -0.15) is 0 Å². The summed E-state index contributed by atoms with van der Waals surface area (Å²) < 4.78 is 12.4. The van der Waals surface area contributed by atoms with E-state index >= 15 is 0 Å². The summed E-state index contributed by atoms with van der Waals surface area (Å²) in [5, 5.41) is 22.8. The summed E-state index contributed by atoms with van der Waals surface area (Å²) in [4.78, 5) is 37.8. The monoisotopic (exact) mass is 539 g/mol. The van der Waals surface area contributed by atoms with E-state index in [1.807, 2.05) is 0 Å². The van der Waals surface area contributed by atoms with Crippen LogP contribution in [0, 0.1) is 0 Å². The van der Waals surface area contributed by atoms with Crippen molar-refractivity contribution >= 4 is 5.91 Å². The molecule has 10 heteroatoms. The maximum absolute atomic E-state index is 12.2. The van der Waals surface area contributed by atoms with Gasteiger partial charge in [0, 0.05) is 25.2 Å². The number of rotatable bonds is 21. The Morgan fingerprint density at radius 3 is 2.13 bits per heavy atom. The van der Waals surface area contributed by atoms with Gasteiger partial charge in [0.05, 0.1) is 13.2 Å². The normalized spacial score (nSPS) is 21.1. The Balaban J connectivity index is 1.52. The van der Waals surface area contributed by atoms with Gasteiger partial charge in [-0.1, -0.05) is 90.4 Å². The number of unbranched alkanes of at least 4 members (excludes halogenated alkanes) is 13. The van der Waals surface area contributed by atoms with Crippen molar-refractivity contribution in [2.75, 3.05) is 19.8 Å². The number of carbonyl (C=O) groups excluding carboxylic acids is 1. The molecule has 1 aromatic rings. The van der Waals surface area contributed by atoms with Crippen LogP contribution in [0.25, 0.3) is 0 Å². The van der Waals surface area contributed by atoms with Crippen molar-refractivity contribution in [3.8, 4) is 0 Å². The van der Waals surface area contributed by atoms with Crippen LogP contribution in [0.2, 0.25) is 0 Å². The van der Waals surface area contributed by atoms with Crippen LogP contribution < -0.4 is 16.6 Å². The molecule has 38 heavy (non-hydrogen) atoms. The zero-order chi connectivity index (χ0) is 27.6. The summed E-state index contributed by atoms with van der Waals surface area (Å²) in [6.45, 7) is 2.43. The summed E-state index contributed by atoms with van der Waals surface area (Å²) in [6, 6.07) is 1.16. The summed E-state index contributed by atoms with van der Waals surface area (Å²) in [7, 11) is 0. The number of nitrogens with one attached hydrogen (secondary N) is 2. The summed E-state index contributed by atoms with van der Waals surface area (Å²) >= 11 is 0. The van der Waals surface area contributed by atoms with E-state index in [0.29, 0.717) is 6.54 Å². The smallest absolute Gasteiger partial charge is 0.330 e. The number of nitrogens with zero attached hydrogens (tertiary/aromatic N) is 1. The van der Waals surface area contributed by atoms with Crippen molar-refractivity contribution in [1.29, 1.82) is 0 Å². The zero-order valence-electron chi connectivity index (χ0n) is 23.1. The van der Waals surface area contributed by atoms with Gasteiger partial charge < -0.3 is 25.0 Å². The van der Waals surface area contributed by atoms with Crippen molar-refractivity contribution < 1.29 is 24.5 Å². The molecule has 0 saturated carbocycles. The first-order valence-corrected chi connectivity index (χ1v) is 14.6. The average Bonchev–Trinajstić information content (AvgIpc) is 3.21. The standard InChI is InChI=1S/C28H49N3O7/c1-2-3-4-5-6-7-8-9-10-11-12-13-14-15-18-29-23(33)17-20-37-26-25(35)22(21-32)38-27(26)31-19-16-24(34)30-28(31)36/h16,19,22,25-27,32,35H,2-15,17-18,20-21H2,1H3,(H,29,33)(H,30,34,36)/t22-,25?,26?,27-/m1/s1. The van der Waals surface area contributed by atoms with Crippen LogP contribution in [0.5, 0.6) is 0 Å². The Morgan fingerprint density at radius 1 is 1.00 bits per heavy atom. The van der Waals surface area contributed by atoms with Crippen LogP contribution >= 0.6 is 0 Å². The highest BCUT2D eigenvalue weighted by molar-refractivity contribution is 5.75. The Labute approximate surface area is 226 Å². The molecule has 0 aromatic carbocycles. The first kappa shape index (κ1) is 32.2. The van der Waals surface area contributed by atoms with Crippen molar-refractivity contribution in [2.45, 2.75) is 128 Å². The molecule has 218 valence electrons. The van der Waals surface area contributed by atoms with Gasteiger partial charge >= 0.3 is 5.69 Å². The quantitative estimate of drug-likeness (QED) is 0.176. The van der Waals surface area contributed by atoms with Gasteiger partial charge in [-0.15, -0.1) is 0 Å². The molecular formula is C28H49N3O7. The van der Waals surface area contributed by atoms with E-state index in [9.17, 15) is 24.6 Å². The SMILES string of the molecule is CCCCCCCCCCCCCCCCNC(=O)CCOC1C(O)[C@@H](CO)O[C@H]1n1ccc(=O)[nH]c1=O. The Hall–Kier alpha value is -2.01. The fraction of sp³-hybridized carbons (Fsp3) is 0.821. The van der Waals surface area contributed by atoms with E-state index in [0.717, 1.165) is 23.5 Å². The summed E-state index contributed by atoms with van der Waals surface area (Å²) in [5.41, 5.74) is -1.27. The number of hydrogen-bond acceptors (Lipinski definition) is 7. The molecule has 2 rings (SSSR count). The first-order chi connectivity index (χ1) is 18.5. The Morgan fingerprint density at radius 2 is 1.58 bits per heavy atom. The van der Waals surface area contributed by atoms with Gasteiger partial charge in [-0.25, -0.2) is 4.79 Å². The predicted octanol–water partition coefficient (Wildman–Crippen LogP) is 3.16. The fourth-order valence-electron chi connectivity index (χ4n) is 4.82. The third-order valence-electron chi connectivity index (χ3n) is 7.11. The zero-order valence-corrected chi connectivity index (χ0v) is 23.1. The lowest BCUT2D eigenvalue weighted by atomic mass is 10.0. The van der Waals surface area contributed by atoms with Crippen molar-refractivity contribution in [3.63, 3.8) is 0 Å². The van der Waals surface area contributed by atoms with E-state index in [4.69, 9.17) is 9.47 Å². The van der Waals surface area contributed by atoms with Gasteiger partial charge in [-0.3, -0.25) is 19.1 Å². The van der Waals surface area contributed by atoms with Crippen molar-refractivity contribution in [1.82, 2.24) is 14.9 Å². The number of aliphatic hydroxyl groups is 2. The molecule has 2 heterocycles. The molecule has 2 unspecified atom stereocenters. The number of hydrogen-bond donors (Lipinski definition) is 4. The number of H-pyrrole nitrogens is 1. The minimum Gasteiger partial charge on any atom is -0.394 e. The molecule has 1 aromatic heterocycles. The van der Waals surface area contributed by atoms with E-state index in [1.165, 1.54) is 83.2 Å². The average molecular weight is 540 g/mol. The molecule has 0 spiro atoms. The van der Waals surface area contributed by atoms with E-state index in [1.54, 1.807) is 0 Å². The molecule has 4 N–H and O–H groups in total. The minimum absolute atomic E-state index is 0.0163. The molecule has 1 saturated heterocycles. The van der Waals surface area contributed by atoms with Crippen LogP contribution in [0.1, 0.15) is 109 Å². The van der Waals surface area contributed by atoms with E-state index in [-0.39, 0.29) is 18.9 Å². The molecule has 4 atom stereocenters. The highest BCUT2D eigenvalue weighted by Crippen LogP contribution is 2.30. The second-order valence-corrected chi connectivity index (χ2v) is 10.3. The van der Waals surface area contributed by atoms with Crippen molar-refractivity contribution in [3.05, 3.63) is 33.1 Å². The molecule has 1 aliphatic rings. The second-order valence-electron chi connectivity index (χ2n) is 10.3. The lowest BCUT2D eigenvalue weighted by Gasteiger charge is -2.22. The highest BCUT2D eigenvalue weighted by atomic mass is 16.6. The van der Waals surface area contributed by atoms with E-state index < -0.39 is 42.4 Å². The Kier molecular flexibility index (Phi) is 16.2. The molecule has 0 radical (unpaired) electrons. The first-order valence-electron chi connectivity index (χ1n) is 14.6.